The van der Waals surface area contributed by atoms with Gasteiger partial charge in [-0.15, -0.1) is 12.4 Å². The summed E-state index contributed by atoms with van der Waals surface area (Å²) in [6.45, 7) is 5.48. The van der Waals surface area contributed by atoms with E-state index in [4.69, 9.17) is 10.8 Å². The molecular formula is C7H17ClN2O2. The van der Waals surface area contributed by atoms with Crippen molar-refractivity contribution in [3.63, 3.8) is 0 Å². The van der Waals surface area contributed by atoms with Crippen LogP contribution in [0.4, 0.5) is 0 Å². The molecule has 0 aliphatic heterocycles. The lowest BCUT2D eigenvalue weighted by Crippen LogP contribution is -2.45. The second kappa shape index (κ2) is 7.34. The molecule has 0 saturated carbocycles. The molecular weight excluding hydrogens is 180 g/mol. The van der Waals surface area contributed by atoms with Crippen LogP contribution in [0, 0.1) is 0 Å². The molecule has 0 aliphatic rings. The number of carbonyl (C=O) groups is 1. The number of halogens is 1. The summed E-state index contributed by atoms with van der Waals surface area (Å²) in [6.07, 6.45) is 0. The quantitative estimate of drug-likeness (QED) is 0.658. The first-order valence-electron chi connectivity index (χ1n) is 3.84. The van der Waals surface area contributed by atoms with Gasteiger partial charge in [-0.1, -0.05) is 13.8 Å². The molecule has 1 unspecified atom stereocenters. The molecule has 0 aliphatic carbocycles. The lowest BCUT2D eigenvalue weighted by atomic mass is 10.2. The first kappa shape index (κ1) is 14.2. The molecule has 1 atom stereocenters. The zero-order chi connectivity index (χ0) is 8.85. The summed E-state index contributed by atoms with van der Waals surface area (Å²) in [5.74, 6) is -0.837. The molecule has 0 radical (unpaired) electrons. The molecule has 12 heavy (non-hydrogen) atoms. The third-order valence-corrected chi connectivity index (χ3v) is 1.76. The number of carboxylic acids is 1. The van der Waals surface area contributed by atoms with Gasteiger partial charge in [-0.2, -0.15) is 0 Å². The second-order valence-corrected chi connectivity index (χ2v) is 2.31. The third kappa shape index (κ3) is 3.90. The normalized spacial score (nSPS) is 12.3. The average Bonchev–Trinajstić information content (AvgIpc) is 1.99. The van der Waals surface area contributed by atoms with Crippen LogP contribution in [0.1, 0.15) is 13.8 Å². The summed E-state index contributed by atoms with van der Waals surface area (Å²) >= 11 is 0. The largest absolute Gasteiger partial charge is 0.480 e. The van der Waals surface area contributed by atoms with E-state index in [0.29, 0.717) is 0 Å². The monoisotopic (exact) mass is 196 g/mol. The van der Waals surface area contributed by atoms with E-state index in [2.05, 4.69) is 0 Å². The molecule has 0 bridgehead atoms. The van der Waals surface area contributed by atoms with Crippen LogP contribution in [-0.4, -0.2) is 41.7 Å². The van der Waals surface area contributed by atoms with E-state index in [9.17, 15) is 4.79 Å². The Hall–Kier alpha value is -0.320. The molecule has 4 nitrogen and oxygen atoms in total. The van der Waals surface area contributed by atoms with E-state index in [-0.39, 0.29) is 19.0 Å². The van der Waals surface area contributed by atoms with Crippen molar-refractivity contribution in [2.45, 2.75) is 19.9 Å². The van der Waals surface area contributed by atoms with E-state index in [0.717, 1.165) is 13.1 Å². The highest BCUT2D eigenvalue weighted by molar-refractivity contribution is 5.85. The summed E-state index contributed by atoms with van der Waals surface area (Å²) < 4.78 is 0. The van der Waals surface area contributed by atoms with Crippen molar-refractivity contribution >= 4 is 18.4 Å². The summed E-state index contributed by atoms with van der Waals surface area (Å²) in [4.78, 5) is 12.4. The number of likely N-dealkylation sites (N-methyl/N-ethyl adjacent to an activating group) is 1. The van der Waals surface area contributed by atoms with Crippen LogP contribution in [0.2, 0.25) is 0 Å². The van der Waals surface area contributed by atoms with Gasteiger partial charge >= 0.3 is 5.97 Å². The van der Waals surface area contributed by atoms with Gasteiger partial charge in [-0.25, -0.2) is 0 Å². The van der Waals surface area contributed by atoms with Gasteiger partial charge < -0.3 is 10.8 Å². The molecule has 0 heterocycles. The summed E-state index contributed by atoms with van der Waals surface area (Å²) in [6, 6.07) is -0.523. The molecule has 3 N–H and O–H groups in total. The summed E-state index contributed by atoms with van der Waals surface area (Å²) in [7, 11) is 0. The number of nitrogens with zero attached hydrogens (tertiary/aromatic N) is 1. The van der Waals surface area contributed by atoms with Crippen molar-refractivity contribution in [2.75, 3.05) is 19.6 Å². The highest BCUT2D eigenvalue weighted by Gasteiger charge is 2.20. The molecule has 0 saturated heterocycles. The number of rotatable bonds is 5. The fourth-order valence-corrected chi connectivity index (χ4v) is 1.07. The van der Waals surface area contributed by atoms with Gasteiger partial charge in [0, 0.05) is 6.54 Å². The van der Waals surface area contributed by atoms with Crippen molar-refractivity contribution in [1.29, 1.82) is 0 Å². The van der Waals surface area contributed by atoms with Crippen molar-refractivity contribution in [2.24, 2.45) is 5.73 Å². The van der Waals surface area contributed by atoms with Gasteiger partial charge in [0.1, 0.15) is 6.04 Å². The maximum Gasteiger partial charge on any atom is 0.322 e. The minimum atomic E-state index is -0.837. The van der Waals surface area contributed by atoms with Crippen molar-refractivity contribution in [1.82, 2.24) is 4.90 Å². The molecule has 5 heteroatoms. The van der Waals surface area contributed by atoms with Gasteiger partial charge in [0.25, 0.3) is 0 Å². The molecule has 74 valence electrons. The Labute approximate surface area is 79.1 Å². The highest BCUT2D eigenvalue weighted by atomic mass is 35.5. The fourth-order valence-electron chi connectivity index (χ4n) is 1.07. The summed E-state index contributed by atoms with van der Waals surface area (Å²) in [5, 5.41) is 8.68. The van der Waals surface area contributed by atoms with E-state index >= 15 is 0 Å². The van der Waals surface area contributed by atoms with Gasteiger partial charge in [-0.3, -0.25) is 9.69 Å². The van der Waals surface area contributed by atoms with Gasteiger partial charge in [0.15, 0.2) is 0 Å². The Balaban J connectivity index is 0. The number of nitrogens with two attached hydrogens (primary N) is 1. The Bertz CT molecular complexity index is 129. The van der Waals surface area contributed by atoms with Crippen molar-refractivity contribution in [3.05, 3.63) is 0 Å². The maximum atomic E-state index is 10.6. The Morgan fingerprint density at radius 3 is 2.00 bits per heavy atom. The van der Waals surface area contributed by atoms with Crippen LogP contribution in [0.15, 0.2) is 0 Å². The van der Waals surface area contributed by atoms with Crippen LogP contribution < -0.4 is 5.73 Å². The standard InChI is InChI=1S/C7H16N2O2.ClH/c1-3-9(4-2)6(5-8)7(10)11;/h6H,3-5,8H2,1-2H3,(H,10,11);1H. The Kier molecular flexibility index (Phi) is 8.69. The number of hydrogen-bond acceptors (Lipinski definition) is 3. The SMILES string of the molecule is CCN(CC)C(CN)C(=O)O.Cl. The number of aliphatic carboxylic acids is 1. The molecule has 0 aromatic rings. The van der Waals surface area contributed by atoms with Crippen LogP contribution in [0.3, 0.4) is 0 Å². The number of hydrogen-bond donors (Lipinski definition) is 2. The van der Waals surface area contributed by atoms with E-state index in [1.54, 1.807) is 0 Å². The van der Waals surface area contributed by atoms with Gasteiger partial charge in [0.05, 0.1) is 0 Å². The van der Waals surface area contributed by atoms with E-state index < -0.39 is 12.0 Å². The molecule has 0 spiro atoms. The van der Waals surface area contributed by atoms with Crippen LogP contribution in [-0.2, 0) is 4.79 Å². The Morgan fingerprint density at radius 1 is 1.50 bits per heavy atom. The molecule has 0 amide bonds. The topological polar surface area (TPSA) is 66.6 Å². The predicted molar refractivity (Wildman–Crippen MR) is 50.6 cm³/mol. The lowest BCUT2D eigenvalue weighted by Gasteiger charge is -2.24. The lowest BCUT2D eigenvalue weighted by molar-refractivity contribution is -0.142. The highest BCUT2D eigenvalue weighted by Crippen LogP contribution is 1.96. The van der Waals surface area contributed by atoms with E-state index in [1.807, 2.05) is 18.7 Å². The maximum absolute atomic E-state index is 10.6. The molecule has 0 fully saturated rings. The van der Waals surface area contributed by atoms with Crippen molar-refractivity contribution < 1.29 is 9.90 Å². The van der Waals surface area contributed by atoms with Gasteiger partial charge in [0.2, 0.25) is 0 Å². The molecule has 0 aromatic heterocycles. The zero-order valence-corrected chi connectivity index (χ0v) is 8.30. The first-order valence-corrected chi connectivity index (χ1v) is 3.84. The van der Waals surface area contributed by atoms with E-state index in [1.165, 1.54) is 0 Å². The van der Waals surface area contributed by atoms with Crippen molar-refractivity contribution in [3.8, 4) is 0 Å². The summed E-state index contributed by atoms with van der Waals surface area (Å²) in [5.41, 5.74) is 5.30. The fraction of sp³-hybridized carbons (Fsp3) is 0.857. The predicted octanol–water partition coefficient (Wildman–Crippen LogP) is 0.162. The van der Waals surface area contributed by atoms with Crippen LogP contribution in [0.25, 0.3) is 0 Å². The first-order chi connectivity index (χ1) is 5.17. The van der Waals surface area contributed by atoms with Gasteiger partial charge in [-0.05, 0) is 13.1 Å². The minimum Gasteiger partial charge on any atom is -0.480 e. The molecule has 0 aromatic carbocycles. The Morgan fingerprint density at radius 2 is 1.92 bits per heavy atom. The average molecular weight is 197 g/mol. The zero-order valence-electron chi connectivity index (χ0n) is 7.49. The molecule has 0 rings (SSSR count). The van der Waals surface area contributed by atoms with Crippen LogP contribution in [0.5, 0.6) is 0 Å². The van der Waals surface area contributed by atoms with Crippen LogP contribution >= 0.6 is 12.4 Å². The minimum absolute atomic E-state index is 0. The smallest absolute Gasteiger partial charge is 0.322 e. The third-order valence-electron chi connectivity index (χ3n) is 1.76. The second-order valence-electron chi connectivity index (χ2n) is 2.31. The number of carboxylic acid groups (broad SMARTS) is 1.